The Balaban J connectivity index is 2.18. The van der Waals surface area contributed by atoms with Gasteiger partial charge in [0.25, 0.3) is 0 Å². The van der Waals surface area contributed by atoms with Crippen LogP contribution in [0.15, 0.2) is 16.2 Å². The molecular weight excluding hydrogens is 224 g/mol. The number of rotatable bonds is 1. The van der Waals surface area contributed by atoms with Crippen molar-refractivity contribution < 1.29 is 9.31 Å². The van der Waals surface area contributed by atoms with Gasteiger partial charge in [-0.05, 0) is 46.6 Å². The third kappa shape index (κ3) is 2.06. The van der Waals surface area contributed by atoms with Crippen molar-refractivity contribution in [2.24, 2.45) is 4.99 Å². The van der Waals surface area contributed by atoms with E-state index in [4.69, 9.17) is 20.9 Å². The van der Waals surface area contributed by atoms with E-state index in [1.165, 1.54) is 0 Å². The Hall–Kier alpha value is -0.315. The molecule has 0 atom stereocenters. The van der Waals surface area contributed by atoms with Gasteiger partial charge in [0.05, 0.1) is 16.8 Å². The van der Waals surface area contributed by atoms with Crippen LogP contribution >= 0.6 is 11.6 Å². The fraction of sp³-hybridized carbons (Fsp3) is 0.727. The highest BCUT2D eigenvalue weighted by Crippen LogP contribution is 2.37. The maximum Gasteiger partial charge on any atom is 0.510 e. The highest BCUT2D eigenvalue weighted by Gasteiger charge is 2.53. The second kappa shape index (κ2) is 3.86. The van der Waals surface area contributed by atoms with E-state index in [-0.39, 0.29) is 18.3 Å². The SMILES string of the molecule is CC1(C)OB(C2=NC(Cl)=CCC2)OC1(C)C. The largest absolute Gasteiger partial charge is 0.510 e. The highest BCUT2D eigenvalue weighted by atomic mass is 35.5. The molecule has 0 unspecified atom stereocenters. The molecule has 0 spiro atoms. The smallest absolute Gasteiger partial charge is 0.399 e. The second-order valence-corrected chi connectivity index (χ2v) is 5.64. The summed E-state index contributed by atoms with van der Waals surface area (Å²) in [7, 11) is -0.354. The van der Waals surface area contributed by atoms with Gasteiger partial charge in [-0.3, -0.25) is 0 Å². The molecule has 2 heterocycles. The molecule has 0 aromatic carbocycles. The van der Waals surface area contributed by atoms with E-state index in [1.807, 2.05) is 33.8 Å². The standard InChI is InChI=1S/C11H17BClNO2/c1-10(2)11(3,4)16-12(15-10)8-6-5-7-9(13)14-8/h7H,5-6H2,1-4H3. The highest BCUT2D eigenvalue weighted by molar-refractivity contribution is 6.82. The molecular formula is C11H17BClNO2. The third-order valence-electron chi connectivity index (χ3n) is 3.49. The predicted octanol–water partition coefficient (Wildman–Crippen LogP) is 2.93. The van der Waals surface area contributed by atoms with Gasteiger partial charge in [0, 0.05) is 0 Å². The Kier molecular flexibility index (Phi) is 2.93. The van der Waals surface area contributed by atoms with Crippen LogP contribution in [0.5, 0.6) is 0 Å². The molecule has 0 aliphatic carbocycles. The van der Waals surface area contributed by atoms with E-state index in [9.17, 15) is 0 Å². The molecule has 0 N–H and O–H groups in total. The van der Waals surface area contributed by atoms with E-state index < -0.39 is 0 Å². The van der Waals surface area contributed by atoms with Crippen molar-refractivity contribution in [2.75, 3.05) is 0 Å². The van der Waals surface area contributed by atoms with Gasteiger partial charge in [0.15, 0.2) is 0 Å². The number of aliphatic imine (C=N–C) groups is 1. The summed E-state index contributed by atoms with van der Waals surface area (Å²) < 4.78 is 11.8. The zero-order chi connectivity index (χ0) is 12.0. The number of allylic oxidation sites excluding steroid dienone is 1. The minimum Gasteiger partial charge on any atom is -0.399 e. The second-order valence-electron chi connectivity index (χ2n) is 5.26. The van der Waals surface area contributed by atoms with Crippen LogP contribution in [0.2, 0.25) is 0 Å². The first kappa shape index (κ1) is 12.2. The number of halogens is 1. The summed E-state index contributed by atoms with van der Waals surface area (Å²) in [6.07, 6.45) is 3.67. The molecule has 3 nitrogen and oxygen atoms in total. The number of hydrogen-bond donors (Lipinski definition) is 0. The number of nitrogens with zero attached hydrogens (tertiary/aromatic N) is 1. The van der Waals surface area contributed by atoms with Gasteiger partial charge in [-0.15, -0.1) is 0 Å². The molecule has 0 amide bonds. The van der Waals surface area contributed by atoms with Crippen molar-refractivity contribution in [2.45, 2.75) is 51.7 Å². The van der Waals surface area contributed by atoms with Crippen molar-refractivity contribution in [3.05, 3.63) is 11.2 Å². The molecule has 1 saturated heterocycles. The van der Waals surface area contributed by atoms with Crippen LogP contribution in [-0.2, 0) is 9.31 Å². The fourth-order valence-electron chi connectivity index (χ4n) is 1.73. The lowest BCUT2D eigenvalue weighted by molar-refractivity contribution is 0.00578. The molecule has 0 saturated carbocycles. The summed E-state index contributed by atoms with van der Waals surface area (Å²) in [5.74, 6) is 0. The fourth-order valence-corrected chi connectivity index (χ4v) is 1.95. The van der Waals surface area contributed by atoms with Gasteiger partial charge in [-0.1, -0.05) is 11.6 Å². The van der Waals surface area contributed by atoms with E-state index in [0.29, 0.717) is 5.16 Å². The van der Waals surface area contributed by atoms with Crippen molar-refractivity contribution in [1.29, 1.82) is 0 Å². The van der Waals surface area contributed by atoms with E-state index >= 15 is 0 Å². The lowest BCUT2D eigenvalue weighted by Crippen LogP contribution is -2.41. The summed E-state index contributed by atoms with van der Waals surface area (Å²) in [6, 6.07) is 0. The molecule has 88 valence electrons. The Morgan fingerprint density at radius 2 is 1.81 bits per heavy atom. The molecule has 1 fully saturated rings. The summed E-state index contributed by atoms with van der Waals surface area (Å²) >= 11 is 5.89. The Bertz CT molecular complexity index is 347. The van der Waals surface area contributed by atoms with Crippen LogP contribution < -0.4 is 0 Å². The molecule has 16 heavy (non-hydrogen) atoms. The van der Waals surface area contributed by atoms with Crippen molar-refractivity contribution in [3.8, 4) is 0 Å². The van der Waals surface area contributed by atoms with Gasteiger partial charge >= 0.3 is 7.12 Å². The molecule has 2 aliphatic rings. The average molecular weight is 242 g/mol. The zero-order valence-electron chi connectivity index (χ0n) is 10.2. The minimum atomic E-state index is -0.354. The van der Waals surface area contributed by atoms with E-state index in [0.717, 1.165) is 18.5 Å². The average Bonchev–Trinajstić information content (AvgIpc) is 2.36. The van der Waals surface area contributed by atoms with Gasteiger partial charge in [-0.25, -0.2) is 4.99 Å². The zero-order valence-corrected chi connectivity index (χ0v) is 11.0. The first-order valence-electron chi connectivity index (χ1n) is 5.61. The molecule has 0 bridgehead atoms. The Labute approximate surface area is 102 Å². The third-order valence-corrected chi connectivity index (χ3v) is 3.73. The van der Waals surface area contributed by atoms with Crippen LogP contribution in [0.3, 0.4) is 0 Å². The van der Waals surface area contributed by atoms with Gasteiger partial charge < -0.3 is 9.31 Å². The minimum absolute atomic E-state index is 0.312. The topological polar surface area (TPSA) is 30.8 Å². The van der Waals surface area contributed by atoms with Gasteiger partial charge in [-0.2, -0.15) is 0 Å². The van der Waals surface area contributed by atoms with Gasteiger partial charge in [0.1, 0.15) is 5.16 Å². The Morgan fingerprint density at radius 1 is 1.25 bits per heavy atom. The molecule has 2 rings (SSSR count). The van der Waals surface area contributed by atoms with Crippen LogP contribution in [0.25, 0.3) is 0 Å². The quantitative estimate of drug-likeness (QED) is 0.522. The van der Waals surface area contributed by atoms with Crippen LogP contribution in [0.1, 0.15) is 40.5 Å². The molecule has 0 radical (unpaired) electrons. The lowest BCUT2D eigenvalue weighted by Gasteiger charge is -2.32. The predicted molar refractivity (Wildman–Crippen MR) is 66.7 cm³/mol. The first-order chi connectivity index (χ1) is 7.32. The van der Waals surface area contributed by atoms with E-state index in [1.54, 1.807) is 0 Å². The van der Waals surface area contributed by atoms with Crippen molar-refractivity contribution in [3.63, 3.8) is 0 Å². The summed E-state index contributed by atoms with van der Waals surface area (Å²) in [5.41, 5.74) is 0.271. The monoisotopic (exact) mass is 241 g/mol. The first-order valence-corrected chi connectivity index (χ1v) is 5.98. The Morgan fingerprint density at radius 3 is 2.31 bits per heavy atom. The molecule has 2 aliphatic heterocycles. The molecule has 5 heteroatoms. The van der Waals surface area contributed by atoms with Crippen LogP contribution in [-0.4, -0.2) is 23.9 Å². The molecule has 0 aromatic heterocycles. The van der Waals surface area contributed by atoms with Gasteiger partial charge in [0.2, 0.25) is 0 Å². The normalized spacial score (nSPS) is 27.7. The maximum atomic E-state index is 5.91. The van der Waals surface area contributed by atoms with Crippen molar-refractivity contribution >= 4 is 24.3 Å². The van der Waals surface area contributed by atoms with Crippen molar-refractivity contribution in [1.82, 2.24) is 0 Å². The summed E-state index contributed by atoms with van der Waals surface area (Å²) in [4.78, 5) is 4.29. The lowest BCUT2D eigenvalue weighted by atomic mass is 9.78. The maximum absolute atomic E-state index is 5.91. The van der Waals surface area contributed by atoms with Crippen LogP contribution in [0, 0.1) is 0 Å². The summed E-state index contributed by atoms with van der Waals surface area (Å²) in [6.45, 7) is 8.14. The molecule has 0 aromatic rings. The van der Waals surface area contributed by atoms with Crippen LogP contribution in [0.4, 0.5) is 0 Å². The van der Waals surface area contributed by atoms with E-state index in [2.05, 4.69) is 4.99 Å². The summed E-state index contributed by atoms with van der Waals surface area (Å²) in [5, 5.41) is 0.538. The number of hydrogen-bond acceptors (Lipinski definition) is 3.